The zero-order valence-corrected chi connectivity index (χ0v) is 18.8. The van der Waals surface area contributed by atoms with E-state index in [1.165, 1.54) is 6.92 Å². The number of azo groups is 1. The Bertz CT molecular complexity index is 1040. The first-order valence-corrected chi connectivity index (χ1v) is 8.91. The predicted molar refractivity (Wildman–Crippen MR) is 103 cm³/mol. The molecule has 0 bridgehead atoms. The minimum Gasteiger partial charge on any atom is -0.691 e. The van der Waals surface area contributed by atoms with Gasteiger partial charge in [-0.25, -0.2) is 0 Å². The molecule has 0 fully saturated rings. The quantitative estimate of drug-likeness (QED) is 0.205. The molecule has 0 saturated heterocycles. The van der Waals surface area contributed by atoms with Crippen molar-refractivity contribution in [3.63, 3.8) is 0 Å². The Morgan fingerprint density at radius 1 is 1.14 bits per heavy atom. The van der Waals surface area contributed by atoms with Crippen LogP contribution >= 0.6 is 12.0 Å². The van der Waals surface area contributed by atoms with E-state index in [1.807, 2.05) is 19.1 Å². The van der Waals surface area contributed by atoms with Gasteiger partial charge in [0.1, 0.15) is 5.69 Å². The van der Waals surface area contributed by atoms with E-state index in [2.05, 4.69) is 24.9 Å². The van der Waals surface area contributed by atoms with E-state index >= 15 is 0 Å². The second-order valence-electron chi connectivity index (χ2n) is 5.94. The van der Waals surface area contributed by atoms with Crippen molar-refractivity contribution in [2.45, 2.75) is 18.7 Å². The molecule has 29 heavy (non-hydrogen) atoms. The summed E-state index contributed by atoms with van der Waals surface area (Å²) < 4.78 is 4.41. The topological polar surface area (TPSA) is 116 Å². The van der Waals surface area contributed by atoms with Crippen molar-refractivity contribution in [3.8, 4) is 5.75 Å². The monoisotopic (exact) mass is 421 g/mol. The Kier molecular flexibility index (Phi) is 8.60. The molecule has 0 atom stereocenters. The molecule has 0 aliphatic heterocycles. The smallest absolute Gasteiger partial charge is 0.691 e. The van der Waals surface area contributed by atoms with E-state index in [1.54, 1.807) is 36.4 Å². The van der Waals surface area contributed by atoms with E-state index in [-0.39, 0.29) is 46.9 Å². The van der Waals surface area contributed by atoms with Crippen LogP contribution in [0.1, 0.15) is 12.5 Å². The number of hydrogen-bond donors (Lipinski definition) is 2. The number of carbonyl (C=O) groups excluding carboxylic acids is 1. The summed E-state index contributed by atoms with van der Waals surface area (Å²) in [5.41, 5.74) is 2.37. The molecule has 144 valence electrons. The van der Waals surface area contributed by atoms with Crippen LogP contribution in [0, 0.1) is 6.92 Å². The van der Waals surface area contributed by atoms with Crippen molar-refractivity contribution in [1.82, 2.24) is 0 Å². The van der Waals surface area contributed by atoms with Crippen LogP contribution in [-0.4, -0.2) is 11.0 Å². The Labute approximate surface area is 193 Å². The van der Waals surface area contributed by atoms with Crippen LogP contribution in [0.2, 0.25) is 0 Å². The van der Waals surface area contributed by atoms with Crippen LogP contribution in [0.4, 0.5) is 17.1 Å². The van der Waals surface area contributed by atoms with Crippen LogP contribution in [0.5, 0.6) is 5.75 Å². The summed E-state index contributed by atoms with van der Waals surface area (Å²) in [6.45, 7) is 3.36. The van der Waals surface area contributed by atoms with Crippen LogP contribution < -0.4 is 40.1 Å². The summed E-state index contributed by atoms with van der Waals surface area (Å²) in [7, 11) is 0. The minimum atomic E-state index is -0.218. The molecule has 0 spiro atoms. The van der Waals surface area contributed by atoms with Crippen molar-refractivity contribution in [1.29, 1.82) is 0 Å². The van der Waals surface area contributed by atoms with Gasteiger partial charge in [0.15, 0.2) is 5.75 Å². The zero-order chi connectivity index (χ0) is 20.1. The largest absolute Gasteiger partial charge is 1.00 e. The maximum Gasteiger partial charge on any atom is 1.00 e. The Balaban J connectivity index is 0.00000300. The third-order valence-electron chi connectivity index (χ3n) is 3.82. The molecule has 0 unspecified atom stereocenters. The number of hydrogen-bond acceptors (Lipinski definition) is 8. The molecule has 0 aromatic heterocycles. The Morgan fingerprint density at radius 2 is 1.86 bits per heavy atom. The van der Waals surface area contributed by atoms with E-state index in [0.29, 0.717) is 39.1 Å². The van der Waals surface area contributed by atoms with Crippen LogP contribution in [0.3, 0.4) is 0 Å². The fourth-order valence-electron chi connectivity index (χ4n) is 2.56. The Hall–Kier alpha value is -1.98. The summed E-state index contributed by atoms with van der Waals surface area (Å²) >= 11 is 0.598. The number of phenolic OH excluding ortho intramolecular Hbond substituents is 1. The summed E-state index contributed by atoms with van der Waals surface area (Å²) in [5.74, 6) is -0.357. The molecule has 0 heterocycles. The standard InChI is InChI=1S/C19H17N3O5S.Na/c1-11-3-5-14(6-4-11)21-22-18-17(28-27-26-25)10-13-9-15(20-12(2)23)7-8-16(13)19(18)24;/h3-10,24-25H,1-2H3,(H,20,23);/q;+1/p-1. The maximum atomic E-state index is 11.3. The normalized spacial score (nSPS) is 10.9. The molecule has 8 nitrogen and oxygen atoms in total. The number of aryl methyl sites for hydroxylation is 1. The zero-order valence-electron chi connectivity index (χ0n) is 16.0. The Morgan fingerprint density at radius 3 is 2.52 bits per heavy atom. The van der Waals surface area contributed by atoms with Gasteiger partial charge in [0.05, 0.1) is 22.6 Å². The third kappa shape index (κ3) is 6.00. The van der Waals surface area contributed by atoms with Crippen molar-refractivity contribution in [3.05, 3.63) is 54.1 Å². The fraction of sp³-hybridized carbons (Fsp3) is 0.105. The van der Waals surface area contributed by atoms with Gasteiger partial charge in [-0.3, -0.25) is 9.83 Å². The number of phenols is 1. The van der Waals surface area contributed by atoms with Gasteiger partial charge in [-0.1, -0.05) is 17.7 Å². The maximum absolute atomic E-state index is 11.3. The van der Waals surface area contributed by atoms with Crippen LogP contribution in [0.25, 0.3) is 10.8 Å². The molecular formula is C19H16N3NaO5S. The number of aromatic hydroxyl groups is 1. The van der Waals surface area contributed by atoms with Gasteiger partial charge in [-0.05, 0) is 48.7 Å². The summed E-state index contributed by atoms with van der Waals surface area (Å²) in [6, 6.07) is 14.0. The summed E-state index contributed by atoms with van der Waals surface area (Å²) in [6.07, 6.45) is 0. The van der Waals surface area contributed by atoms with Gasteiger partial charge in [-0.15, -0.1) is 5.11 Å². The summed E-state index contributed by atoms with van der Waals surface area (Å²) in [5, 5.41) is 36.4. The first-order valence-electron chi connectivity index (χ1n) is 8.17. The second kappa shape index (κ2) is 10.7. The van der Waals surface area contributed by atoms with Gasteiger partial charge in [0.2, 0.25) is 5.91 Å². The molecule has 0 radical (unpaired) electrons. The number of benzene rings is 3. The van der Waals surface area contributed by atoms with E-state index < -0.39 is 0 Å². The van der Waals surface area contributed by atoms with Gasteiger partial charge in [0.25, 0.3) is 0 Å². The van der Waals surface area contributed by atoms with Crippen molar-refractivity contribution in [2.24, 2.45) is 10.2 Å². The molecule has 0 saturated carbocycles. The predicted octanol–water partition coefficient (Wildman–Crippen LogP) is 1.46. The average Bonchev–Trinajstić information content (AvgIpc) is 2.66. The van der Waals surface area contributed by atoms with E-state index in [0.717, 1.165) is 5.56 Å². The molecular weight excluding hydrogens is 405 g/mol. The van der Waals surface area contributed by atoms with Gasteiger partial charge in [-0.2, -0.15) is 9.45 Å². The number of nitrogens with one attached hydrogen (secondary N) is 1. The van der Waals surface area contributed by atoms with Crippen LogP contribution in [0.15, 0.2) is 63.7 Å². The number of nitrogens with zero attached hydrogens (tertiary/aromatic N) is 2. The molecule has 3 aromatic carbocycles. The third-order valence-corrected chi connectivity index (χ3v) is 4.44. The van der Waals surface area contributed by atoms with Crippen molar-refractivity contribution >= 4 is 45.8 Å². The van der Waals surface area contributed by atoms with Gasteiger partial charge >= 0.3 is 29.6 Å². The van der Waals surface area contributed by atoms with Crippen molar-refractivity contribution in [2.75, 3.05) is 5.32 Å². The van der Waals surface area contributed by atoms with Crippen LogP contribution in [-0.2, 0) is 14.2 Å². The molecule has 3 rings (SSSR count). The number of fused-ring (bicyclic) bond motifs is 1. The number of amides is 1. The molecule has 2 N–H and O–H groups in total. The molecule has 3 aromatic rings. The fourth-order valence-corrected chi connectivity index (χ4v) is 3.06. The molecule has 1 amide bonds. The molecule has 0 aliphatic carbocycles. The molecule has 0 aliphatic rings. The SMILES string of the molecule is CC(=O)Nc1ccc2c(O)c(N=Nc3ccc(C)cc3)c(SOO[O-])cc2c1.[Na+]. The van der Waals surface area contributed by atoms with Gasteiger partial charge < -0.3 is 15.7 Å². The number of carbonyl (C=O) groups is 1. The number of anilines is 1. The second-order valence-corrected chi connectivity index (χ2v) is 6.69. The van der Waals surface area contributed by atoms with Crippen molar-refractivity contribution < 1.29 is 54.1 Å². The summed E-state index contributed by atoms with van der Waals surface area (Å²) in [4.78, 5) is 11.6. The van der Waals surface area contributed by atoms with Gasteiger partial charge in [0, 0.05) is 18.0 Å². The first kappa shape index (κ1) is 23.3. The average molecular weight is 421 g/mol. The number of rotatable bonds is 6. The molecule has 10 heteroatoms. The first-order chi connectivity index (χ1) is 13.5. The van der Waals surface area contributed by atoms with E-state index in [9.17, 15) is 15.2 Å². The van der Waals surface area contributed by atoms with E-state index in [4.69, 9.17) is 0 Å². The minimum absolute atomic E-state index is 0.